The highest BCUT2D eigenvalue weighted by molar-refractivity contribution is 6.10. The molecular weight excluding hydrogens is 335 g/mol. The molecule has 0 bridgehead atoms. The first-order valence-corrected chi connectivity index (χ1v) is 8.01. The predicted octanol–water partition coefficient (Wildman–Crippen LogP) is 3.29. The Balaban J connectivity index is 1.74. The smallest absolute Gasteiger partial charge is 0.276 e. The fourth-order valence-electron chi connectivity index (χ4n) is 2.48. The van der Waals surface area contributed by atoms with Gasteiger partial charge < -0.3 is 15.6 Å². The van der Waals surface area contributed by atoms with Gasteiger partial charge in [-0.1, -0.05) is 42.5 Å². The van der Waals surface area contributed by atoms with E-state index in [4.69, 9.17) is 0 Å². The first-order chi connectivity index (χ1) is 12.6. The third kappa shape index (κ3) is 3.77. The van der Waals surface area contributed by atoms with Crippen LogP contribution in [0, 0.1) is 5.82 Å². The van der Waals surface area contributed by atoms with Gasteiger partial charge in [-0.2, -0.15) is 0 Å². The summed E-state index contributed by atoms with van der Waals surface area (Å²) in [5, 5.41) is 5.22. The maximum absolute atomic E-state index is 13.7. The minimum atomic E-state index is -0.672. The number of aromatic amines is 1. The number of hydrogen-bond donors (Lipinski definition) is 3. The van der Waals surface area contributed by atoms with E-state index in [0.717, 1.165) is 5.56 Å². The lowest BCUT2D eigenvalue weighted by atomic mass is 10.1. The molecule has 0 aliphatic carbocycles. The molecule has 1 atom stereocenters. The number of rotatable bonds is 5. The molecule has 0 saturated heterocycles. The Morgan fingerprint density at radius 2 is 1.73 bits per heavy atom. The topological polar surface area (TPSA) is 86.9 Å². The Morgan fingerprint density at radius 1 is 1.04 bits per heavy atom. The fraction of sp³-hybridized carbons (Fsp3) is 0.105. The molecule has 0 saturated carbocycles. The molecule has 3 aromatic rings. The van der Waals surface area contributed by atoms with Crippen molar-refractivity contribution >= 4 is 17.5 Å². The number of hydrogen-bond acceptors (Lipinski definition) is 3. The van der Waals surface area contributed by atoms with E-state index in [1.807, 2.05) is 37.3 Å². The van der Waals surface area contributed by atoms with Gasteiger partial charge in [-0.15, -0.1) is 0 Å². The van der Waals surface area contributed by atoms with Gasteiger partial charge in [0.05, 0.1) is 18.1 Å². The number of carbonyl (C=O) groups is 2. The lowest BCUT2D eigenvalue weighted by molar-refractivity contribution is 0.0923. The summed E-state index contributed by atoms with van der Waals surface area (Å²) in [5.74, 6) is -1.72. The van der Waals surface area contributed by atoms with Gasteiger partial charge in [0.1, 0.15) is 11.5 Å². The molecule has 0 spiro atoms. The van der Waals surface area contributed by atoms with Crippen molar-refractivity contribution in [2.45, 2.75) is 13.0 Å². The maximum Gasteiger partial charge on any atom is 0.276 e. The molecule has 3 N–H and O–H groups in total. The van der Waals surface area contributed by atoms with Gasteiger partial charge in [-0.25, -0.2) is 9.37 Å². The third-order valence-electron chi connectivity index (χ3n) is 3.85. The SMILES string of the molecule is C[C@H](NC(=O)c1[nH]cnc1C(=O)Nc1ccccc1F)c1ccccc1. The van der Waals surface area contributed by atoms with Crippen molar-refractivity contribution in [2.75, 3.05) is 5.32 Å². The van der Waals surface area contributed by atoms with Crippen molar-refractivity contribution in [1.82, 2.24) is 15.3 Å². The lowest BCUT2D eigenvalue weighted by Gasteiger charge is -2.14. The molecule has 0 aliphatic heterocycles. The number of imidazole rings is 1. The number of carbonyl (C=O) groups excluding carboxylic acids is 2. The zero-order valence-corrected chi connectivity index (χ0v) is 14.0. The molecule has 0 aliphatic rings. The number of anilines is 1. The van der Waals surface area contributed by atoms with Gasteiger partial charge in [0.2, 0.25) is 0 Å². The molecule has 1 heterocycles. The number of benzene rings is 2. The largest absolute Gasteiger partial charge is 0.344 e. The van der Waals surface area contributed by atoms with E-state index in [9.17, 15) is 14.0 Å². The number of nitrogens with one attached hydrogen (secondary N) is 3. The second-order valence-corrected chi connectivity index (χ2v) is 5.67. The minimum absolute atomic E-state index is 0.0154. The molecule has 1 aromatic heterocycles. The van der Waals surface area contributed by atoms with Crippen molar-refractivity contribution in [3.8, 4) is 0 Å². The molecular formula is C19H17FN4O2. The van der Waals surface area contributed by atoms with Crippen LogP contribution in [0.15, 0.2) is 60.9 Å². The molecule has 3 rings (SSSR count). The predicted molar refractivity (Wildman–Crippen MR) is 95.3 cm³/mol. The van der Waals surface area contributed by atoms with Crippen molar-refractivity contribution in [1.29, 1.82) is 0 Å². The summed E-state index contributed by atoms with van der Waals surface area (Å²) in [6, 6.07) is 14.9. The lowest BCUT2D eigenvalue weighted by Crippen LogP contribution is -2.29. The van der Waals surface area contributed by atoms with E-state index in [2.05, 4.69) is 20.6 Å². The Bertz CT molecular complexity index is 924. The van der Waals surface area contributed by atoms with Crippen LogP contribution in [0.3, 0.4) is 0 Å². The summed E-state index contributed by atoms with van der Waals surface area (Å²) >= 11 is 0. The molecule has 132 valence electrons. The molecule has 6 nitrogen and oxygen atoms in total. The van der Waals surface area contributed by atoms with Crippen molar-refractivity contribution in [2.24, 2.45) is 0 Å². The zero-order valence-electron chi connectivity index (χ0n) is 14.0. The first kappa shape index (κ1) is 17.3. The van der Waals surface area contributed by atoms with Gasteiger partial charge in [-0.3, -0.25) is 9.59 Å². The quantitative estimate of drug-likeness (QED) is 0.658. The molecule has 7 heteroatoms. The fourth-order valence-corrected chi connectivity index (χ4v) is 2.48. The van der Waals surface area contributed by atoms with E-state index in [0.29, 0.717) is 0 Å². The first-order valence-electron chi connectivity index (χ1n) is 8.01. The van der Waals surface area contributed by atoms with Crippen LogP contribution >= 0.6 is 0 Å². The number of amides is 2. The maximum atomic E-state index is 13.7. The van der Waals surface area contributed by atoms with Gasteiger partial charge >= 0.3 is 0 Å². The van der Waals surface area contributed by atoms with E-state index in [1.165, 1.54) is 24.5 Å². The summed E-state index contributed by atoms with van der Waals surface area (Å²) < 4.78 is 13.7. The second-order valence-electron chi connectivity index (χ2n) is 5.67. The highest BCUT2D eigenvalue weighted by atomic mass is 19.1. The summed E-state index contributed by atoms with van der Waals surface area (Å²) in [6.07, 6.45) is 1.25. The Morgan fingerprint density at radius 3 is 2.46 bits per heavy atom. The van der Waals surface area contributed by atoms with E-state index in [-0.39, 0.29) is 23.1 Å². The standard InChI is InChI=1S/C19H17FN4O2/c1-12(13-7-3-2-4-8-13)23-18(25)16-17(22-11-21-16)19(26)24-15-10-6-5-9-14(15)20/h2-12H,1H3,(H,21,22)(H,23,25)(H,24,26)/t12-/m0/s1. The summed E-state index contributed by atoms with van der Waals surface area (Å²) in [5.41, 5.74) is 0.856. The molecule has 0 fully saturated rings. The number of H-pyrrole nitrogens is 1. The second kappa shape index (κ2) is 7.60. The Hall–Kier alpha value is -3.48. The van der Waals surface area contributed by atoms with Crippen LogP contribution < -0.4 is 10.6 Å². The highest BCUT2D eigenvalue weighted by Gasteiger charge is 2.22. The van der Waals surface area contributed by atoms with Crippen molar-refractivity contribution < 1.29 is 14.0 Å². The molecule has 26 heavy (non-hydrogen) atoms. The number of para-hydroxylation sites is 1. The third-order valence-corrected chi connectivity index (χ3v) is 3.85. The van der Waals surface area contributed by atoms with E-state index < -0.39 is 17.6 Å². The molecule has 0 radical (unpaired) electrons. The van der Waals surface area contributed by atoms with Crippen LogP contribution in [0.2, 0.25) is 0 Å². The summed E-state index contributed by atoms with van der Waals surface area (Å²) in [4.78, 5) is 31.4. The van der Waals surface area contributed by atoms with E-state index in [1.54, 1.807) is 6.07 Å². The normalized spacial score (nSPS) is 11.6. The zero-order chi connectivity index (χ0) is 18.5. The average molecular weight is 352 g/mol. The summed E-state index contributed by atoms with van der Waals surface area (Å²) in [7, 11) is 0. The molecule has 0 unspecified atom stereocenters. The number of nitrogens with zero attached hydrogens (tertiary/aromatic N) is 1. The van der Waals surface area contributed by atoms with Crippen LogP contribution in [0.1, 0.15) is 39.5 Å². The van der Waals surface area contributed by atoms with Gasteiger partial charge in [-0.05, 0) is 24.6 Å². The Kier molecular flexibility index (Phi) is 5.07. The van der Waals surface area contributed by atoms with Crippen LogP contribution in [0.5, 0.6) is 0 Å². The van der Waals surface area contributed by atoms with Crippen LogP contribution in [-0.2, 0) is 0 Å². The number of halogens is 1. The van der Waals surface area contributed by atoms with Gasteiger partial charge in [0, 0.05) is 0 Å². The van der Waals surface area contributed by atoms with Crippen molar-refractivity contribution in [3.05, 3.63) is 83.7 Å². The number of aromatic nitrogens is 2. The monoisotopic (exact) mass is 352 g/mol. The van der Waals surface area contributed by atoms with Crippen molar-refractivity contribution in [3.63, 3.8) is 0 Å². The molecule has 2 amide bonds. The minimum Gasteiger partial charge on any atom is -0.344 e. The van der Waals surface area contributed by atoms with Gasteiger partial charge in [0.15, 0.2) is 5.69 Å². The molecule has 2 aromatic carbocycles. The average Bonchev–Trinajstić information content (AvgIpc) is 3.14. The van der Waals surface area contributed by atoms with Crippen LogP contribution in [-0.4, -0.2) is 21.8 Å². The van der Waals surface area contributed by atoms with Gasteiger partial charge in [0.25, 0.3) is 11.8 Å². The highest BCUT2D eigenvalue weighted by Crippen LogP contribution is 2.16. The van der Waals surface area contributed by atoms with Crippen LogP contribution in [0.25, 0.3) is 0 Å². The van der Waals surface area contributed by atoms with Crippen LogP contribution in [0.4, 0.5) is 10.1 Å². The summed E-state index contributed by atoms with van der Waals surface area (Å²) in [6.45, 7) is 1.84. The van der Waals surface area contributed by atoms with E-state index >= 15 is 0 Å². The Labute approximate surface area is 149 Å².